The maximum absolute atomic E-state index is 5.63. The summed E-state index contributed by atoms with van der Waals surface area (Å²) in [5.74, 6) is 8.61. The Kier molecular flexibility index (Phi) is 8.08. The first-order valence-electron chi connectivity index (χ1n) is 9.48. The molecule has 1 heteroatoms. The van der Waals surface area contributed by atoms with E-state index in [0.717, 1.165) is 18.1 Å². The van der Waals surface area contributed by atoms with Crippen LogP contribution in [0.2, 0.25) is 0 Å². The Bertz CT molecular complexity index is 485. The molecule has 1 unspecified atom stereocenters. The van der Waals surface area contributed by atoms with Crippen molar-refractivity contribution in [3.8, 4) is 17.6 Å². The van der Waals surface area contributed by atoms with Crippen LogP contribution in [-0.2, 0) is 0 Å². The van der Waals surface area contributed by atoms with E-state index in [2.05, 4.69) is 50.0 Å². The van der Waals surface area contributed by atoms with E-state index in [1.807, 2.05) is 0 Å². The van der Waals surface area contributed by atoms with Crippen LogP contribution in [0.15, 0.2) is 24.3 Å². The summed E-state index contributed by atoms with van der Waals surface area (Å²) in [6.07, 6.45) is 12.3. The smallest absolute Gasteiger partial charge is 0.149 e. The second kappa shape index (κ2) is 10.4. The summed E-state index contributed by atoms with van der Waals surface area (Å²) >= 11 is 0. The van der Waals surface area contributed by atoms with Gasteiger partial charge in [0.15, 0.2) is 0 Å². The van der Waals surface area contributed by atoms with E-state index in [-0.39, 0.29) is 0 Å². The summed E-state index contributed by atoms with van der Waals surface area (Å²) < 4.78 is 5.63. The van der Waals surface area contributed by atoms with Crippen LogP contribution in [0.5, 0.6) is 5.75 Å². The van der Waals surface area contributed by atoms with Crippen molar-refractivity contribution in [3.63, 3.8) is 0 Å². The molecular formula is C22H32O. The highest BCUT2D eigenvalue weighted by Gasteiger charge is 2.14. The monoisotopic (exact) mass is 312 g/mol. The summed E-state index contributed by atoms with van der Waals surface area (Å²) in [5.41, 5.74) is 1.43. The molecule has 1 aliphatic carbocycles. The second-order valence-corrected chi connectivity index (χ2v) is 6.90. The van der Waals surface area contributed by atoms with Crippen LogP contribution in [-0.4, -0.2) is 6.61 Å². The lowest BCUT2D eigenvalue weighted by Gasteiger charge is -2.22. The van der Waals surface area contributed by atoms with Gasteiger partial charge in [-0.3, -0.25) is 0 Å². The van der Waals surface area contributed by atoms with Crippen molar-refractivity contribution >= 4 is 0 Å². The minimum atomic E-state index is 0.490. The summed E-state index contributed by atoms with van der Waals surface area (Å²) in [7, 11) is 0. The molecule has 126 valence electrons. The van der Waals surface area contributed by atoms with Crippen molar-refractivity contribution in [1.82, 2.24) is 0 Å². The van der Waals surface area contributed by atoms with Crippen molar-refractivity contribution in [2.45, 2.75) is 77.6 Å². The molecule has 1 atom stereocenters. The van der Waals surface area contributed by atoms with Gasteiger partial charge >= 0.3 is 0 Å². The number of hydrogen-bond donors (Lipinski definition) is 0. The van der Waals surface area contributed by atoms with Crippen LogP contribution in [0.3, 0.4) is 0 Å². The van der Waals surface area contributed by atoms with Gasteiger partial charge in [-0.05, 0) is 36.0 Å². The SMILES string of the molecule is CCC#CCOc1ccc(C(C)CCCC2CCCCC2)cc1. The van der Waals surface area contributed by atoms with Gasteiger partial charge in [0.2, 0.25) is 0 Å². The normalized spacial score (nSPS) is 16.4. The Hall–Kier alpha value is -1.42. The van der Waals surface area contributed by atoms with Gasteiger partial charge in [-0.25, -0.2) is 0 Å². The molecule has 0 aliphatic heterocycles. The minimum Gasteiger partial charge on any atom is -0.481 e. The van der Waals surface area contributed by atoms with Crippen molar-refractivity contribution in [3.05, 3.63) is 29.8 Å². The van der Waals surface area contributed by atoms with Gasteiger partial charge in [0.25, 0.3) is 0 Å². The Morgan fingerprint density at radius 3 is 2.52 bits per heavy atom. The van der Waals surface area contributed by atoms with Gasteiger partial charge in [-0.2, -0.15) is 0 Å². The fourth-order valence-corrected chi connectivity index (χ4v) is 3.54. The van der Waals surface area contributed by atoms with Crippen LogP contribution in [0.25, 0.3) is 0 Å². The zero-order valence-electron chi connectivity index (χ0n) is 14.9. The number of hydrogen-bond acceptors (Lipinski definition) is 1. The summed E-state index contributed by atoms with van der Waals surface area (Å²) in [6, 6.07) is 8.60. The summed E-state index contributed by atoms with van der Waals surface area (Å²) in [5, 5.41) is 0. The lowest BCUT2D eigenvalue weighted by atomic mass is 9.84. The average Bonchev–Trinajstić information content (AvgIpc) is 2.60. The van der Waals surface area contributed by atoms with E-state index in [4.69, 9.17) is 4.74 Å². The van der Waals surface area contributed by atoms with E-state index >= 15 is 0 Å². The molecule has 1 aromatic rings. The quantitative estimate of drug-likeness (QED) is 0.534. The molecule has 1 aliphatic rings. The Morgan fingerprint density at radius 1 is 1.09 bits per heavy atom. The lowest BCUT2D eigenvalue weighted by Crippen LogP contribution is -2.06. The van der Waals surface area contributed by atoms with Gasteiger partial charge in [-0.15, -0.1) is 5.92 Å². The highest BCUT2D eigenvalue weighted by atomic mass is 16.5. The van der Waals surface area contributed by atoms with Crippen LogP contribution in [0.4, 0.5) is 0 Å². The standard InChI is InChI=1S/C22H32O/c1-3-4-8-18-23-22-16-14-21(15-17-22)19(2)10-9-13-20-11-6-5-7-12-20/h14-17,19-20H,3,5-7,9-13,18H2,1-2H3. The van der Waals surface area contributed by atoms with Crippen LogP contribution in [0, 0.1) is 17.8 Å². The molecule has 0 spiro atoms. The van der Waals surface area contributed by atoms with E-state index in [1.165, 1.54) is 56.9 Å². The first kappa shape index (κ1) is 17.9. The molecule has 1 aromatic carbocycles. The first-order valence-corrected chi connectivity index (χ1v) is 9.48. The zero-order chi connectivity index (χ0) is 16.3. The molecule has 0 bridgehead atoms. The average molecular weight is 312 g/mol. The van der Waals surface area contributed by atoms with Gasteiger partial charge in [0.05, 0.1) is 0 Å². The Morgan fingerprint density at radius 2 is 1.83 bits per heavy atom. The molecule has 1 fully saturated rings. The van der Waals surface area contributed by atoms with Crippen LogP contribution in [0.1, 0.15) is 83.1 Å². The highest BCUT2D eigenvalue weighted by Crippen LogP contribution is 2.30. The van der Waals surface area contributed by atoms with Crippen molar-refractivity contribution in [1.29, 1.82) is 0 Å². The fourth-order valence-electron chi connectivity index (χ4n) is 3.54. The van der Waals surface area contributed by atoms with E-state index in [9.17, 15) is 0 Å². The van der Waals surface area contributed by atoms with E-state index in [1.54, 1.807) is 0 Å². The Labute approximate surface area is 142 Å². The zero-order valence-corrected chi connectivity index (χ0v) is 14.9. The number of ether oxygens (including phenoxy) is 1. The highest BCUT2D eigenvalue weighted by molar-refractivity contribution is 5.29. The van der Waals surface area contributed by atoms with E-state index < -0.39 is 0 Å². The van der Waals surface area contributed by atoms with Crippen molar-refractivity contribution < 1.29 is 4.74 Å². The maximum atomic E-state index is 5.63. The third-order valence-corrected chi connectivity index (χ3v) is 5.04. The largest absolute Gasteiger partial charge is 0.481 e. The molecule has 0 N–H and O–H groups in total. The van der Waals surface area contributed by atoms with Crippen LogP contribution >= 0.6 is 0 Å². The first-order chi connectivity index (χ1) is 11.3. The van der Waals surface area contributed by atoms with Gasteiger partial charge in [0.1, 0.15) is 12.4 Å². The topological polar surface area (TPSA) is 9.23 Å². The van der Waals surface area contributed by atoms with Gasteiger partial charge < -0.3 is 4.74 Å². The molecule has 0 radical (unpaired) electrons. The molecule has 23 heavy (non-hydrogen) atoms. The summed E-state index contributed by atoms with van der Waals surface area (Å²) in [4.78, 5) is 0. The van der Waals surface area contributed by atoms with Crippen LogP contribution < -0.4 is 4.74 Å². The third-order valence-electron chi connectivity index (χ3n) is 5.04. The lowest BCUT2D eigenvalue weighted by molar-refractivity contribution is 0.327. The molecule has 0 aromatic heterocycles. The predicted molar refractivity (Wildman–Crippen MR) is 98.8 cm³/mol. The Balaban J connectivity index is 1.70. The molecule has 1 saturated carbocycles. The molecule has 0 amide bonds. The minimum absolute atomic E-state index is 0.490. The molecule has 0 saturated heterocycles. The fraction of sp³-hybridized carbons (Fsp3) is 0.636. The predicted octanol–water partition coefficient (Wildman–Crippen LogP) is 6.33. The third kappa shape index (κ3) is 6.69. The summed E-state index contributed by atoms with van der Waals surface area (Å²) in [6.45, 7) is 4.89. The maximum Gasteiger partial charge on any atom is 0.149 e. The molecular weight excluding hydrogens is 280 g/mol. The van der Waals surface area contributed by atoms with Crippen molar-refractivity contribution in [2.24, 2.45) is 5.92 Å². The van der Waals surface area contributed by atoms with Gasteiger partial charge in [0, 0.05) is 6.42 Å². The number of rotatable bonds is 7. The number of benzene rings is 1. The second-order valence-electron chi connectivity index (χ2n) is 6.90. The molecule has 1 nitrogen and oxygen atoms in total. The van der Waals surface area contributed by atoms with Gasteiger partial charge in [-0.1, -0.05) is 76.8 Å². The van der Waals surface area contributed by atoms with Crippen molar-refractivity contribution in [2.75, 3.05) is 6.61 Å². The molecule has 0 heterocycles. The van der Waals surface area contributed by atoms with E-state index in [0.29, 0.717) is 12.5 Å². The molecule has 2 rings (SSSR count).